The lowest BCUT2D eigenvalue weighted by molar-refractivity contribution is 0.369. The van der Waals surface area contributed by atoms with E-state index < -0.39 is 0 Å². The topological polar surface area (TPSA) is 12.0 Å². The molecule has 1 aromatic carbocycles. The first-order chi connectivity index (χ1) is 8.20. The molecule has 0 saturated heterocycles. The van der Waals surface area contributed by atoms with Crippen LogP contribution in [0.2, 0.25) is 0 Å². The minimum absolute atomic E-state index is 0.137. The van der Waals surface area contributed by atoms with Crippen molar-refractivity contribution in [3.05, 3.63) is 35.6 Å². The van der Waals surface area contributed by atoms with Crippen molar-refractivity contribution >= 4 is 0 Å². The molecule has 1 saturated carbocycles. The SMILES string of the molecule is CCC(NC1CCCC1C)c1cccc(F)c1. The van der Waals surface area contributed by atoms with Gasteiger partial charge in [0.25, 0.3) is 0 Å². The molecule has 1 aromatic rings. The van der Waals surface area contributed by atoms with Crippen molar-refractivity contribution in [2.75, 3.05) is 0 Å². The third kappa shape index (κ3) is 3.06. The minimum Gasteiger partial charge on any atom is -0.307 e. The van der Waals surface area contributed by atoms with Gasteiger partial charge in [0.2, 0.25) is 0 Å². The molecule has 1 fully saturated rings. The predicted molar refractivity (Wildman–Crippen MR) is 69.4 cm³/mol. The van der Waals surface area contributed by atoms with Crippen molar-refractivity contribution in [3.63, 3.8) is 0 Å². The first kappa shape index (κ1) is 12.6. The van der Waals surface area contributed by atoms with E-state index in [-0.39, 0.29) is 11.9 Å². The van der Waals surface area contributed by atoms with Gasteiger partial charge in [-0.3, -0.25) is 0 Å². The normalized spacial score (nSPS) is 26.1. The molecule has 3 unspecified atom stereocenters. The van der Waals surface area contributed by atoms with E-state index in [1.807, 2.05) is 6.07 Å². The number of hydrogen-bond donors (Lipinski definition) is 1. The molecule has 0 amide bonds. The molecule has 1 aliphatic carbocycles. The Morgan fingerprint density at radius 2 is 2.24 bits per heavy atom. The van der Waals surface area contributed by atoms with E-state index in [1.165, 1.54) is 25.3 Å². The summed E-state index contributed by atoms with van der Waals surface area (Å²) in [6.45, 7) is 4.46. The van der Waals surface area contributed by atoms with Crippen LogP contribution in [-0.4, -0.2) is 6.04 Å². The third-order valence-corrected chi connectivity index (χ3v) is 3.94. The van der Waals surface area contributed by atoms with Crippen molar-refractivity contribution in [1.29, 1.82) is 0 Å². The molecule has 2 rings (SSSR count). The second-order valence-corrected chi connectivity index (χ2v) is 5.20. The largest absolute Gasteiger partial charge is 0.307 e. The number of benzene rings is 1. The van der Waals surface area contributed by atoms with Gasteiger partial charge in [0.05, 0.1) is 0 Å². The molecule has 1 nitrogen and oxygen atoms in total. The van der Waals surface area contributed by atoms with E-state index in [4.69, 9.17) is 0 Å². The fourth-order valence-electron chi connectivity index (χ4n) is 2.82. The van der Waals surface area contributed by atoms with Crippen LogP contribution in [0.1, 0.15) is 51.1 Å². The highest BCUT2D eigenvalue weighted by Gasteiger charge is 2.25. The van der Waals surface area contributed by atoms with Crippen molar-refractivity contribution in [2.24, 2.45) is 5.92 Å². The maximum Gasteiger partial charge on any atom is 0.123 e. The molecule has 3 atom stereocenters. The predicted octanol–water partition coefficient (Wildman–Crippen LogP) is 4.06. The van der Waals surface area contributed by atoms with Crippen LogP contribution in [0.25, 0.3) is 0 Å². The highest BCUT2D eigenvalue weighted by molar-refractivity contribution is 5.20. The molecule has 1 aliphatic rings. The molecule has 0 aromatic heterocycles. The van der Waals surface area contributed by atoms with Gasteiger partial charge in [-0.15, -0.1) is 0 Å². The Bertz CT molecular complexity index is 364. The van der Waals surface area contributed by atoms with E-state index in [9.17, 15) is 4.39 Å². The molecular formula is C15H22FN. The maximum atomic E-state index is 13.2. The number of rotatable bonds is 4. The van der Waals surface area contributed by atoms with Crippen LogP contribution in [0.4, 0.5) is 4.39 Å². The summed E-state index contributed by atoms with van der Waals surface area (Å²) in [4.78, 5) is 0. The van der Waals surface area contributed by atoms with Gasteiger partial charge in [-0.05, 0) is 42.9 Å². The summed E-state index contributed by atoms with van der Waals surface area (Å²) >= 11 is 0. The summed E-state index contributed by atoms with van der Waals surface area (Å²) in [6.07, 6.45) is 4.90. The number of nitrogens with one attached hydrogen (secondary N) is 1. The summed E-state index contributed by atoms with van der Waals surface area (Å²) in [5.41, 5.74) is 1.08. The molecule has 0 bridgehead atoms. The molecule has 2 heteroatoms. The molecule has 0 radical (unpaired) electrons. The summed E-state index contributed by atoms with van der Waals surface area (Å²) in [7, 11) is 0. The molecule has 1 N–H and O–H groups in total. The Kier molecular flexibility index (Phi) is 4.16. The Morgan fingerprint density at radius 3 is 2.82 bits per heavy atom. The monoisotopic (exact) mass is 235 g/mol. The van der Waals surface area contributed by atoms with E-state index >= 15 is 0 Å². The van der Waals surface area contributed by atoms with Crippen LogP contribution in [0, 0.1) is 11.7 Å². The van der Waals surface area contributed by atoms with E-state index in [2.05, 4.69) is 19.2 Å². The highest BCUT2D eigenvalue weighted by Crippen LogP contribution is 2.28. The fourth-order valence-corrected chi connectivity index (χ4v) is 2.82. The summed E-state index contributed by atoms with van der Waals surface area (Å²) in [6, 6.07) is 7.87. The quantitative estimate of drug-likeness (QED) is 0.830. The van der Waals surface area contributed by atoms with E-state index in [0.717, 1.165) is 17.9 Å². The second kappa shape index (κ2) is 5.63. The van der Waals surface area contributed by atoms with Gasteiger partial charge in [-0.2, -0.15) is 0 Å². The second-order valence-electron chi connectivity index (χ2n) is 5.20. The molecule has 0 spiro atoms. The van der Waals surface area contributed by atoms with Gasteiger partial charge in [-0.25, -0.2) is 4.39 Å². The average molecular weight is 235 g/mol. The number of halogens is 1. The zero-order valence-corrected chi connectivity index (χ0v) is 10.7. The van der Waals surface area contributed by atoms with Gasteiger partial charge in [0.1, 0.15) is 5.82 Å². The van der Waals surface area contributed by atoms with Crippen molar-refractivity contribution in [3.8, 4) is 0 Å². The molecule has 0 aliphatic heterocycles. The highest BCUT2D eigenvalue weighted by atomic mass is 19.1. The van der Waals surface area contributed by atoms with Gasteiger partial charge in [-0.1, -0.05) is 32.4 Å². The lowest BCUT2D eigenvalue weighted by Gasteiger charge is -2.25. The standard InChI is InChI=1S/C15H22FN/c1-3-14(12-7-5-8-13(16)10-12)17-15-9-4-6-11(15)2/h5,7-8,10-11,14-15,17H,3-4,6,9H2,1-2H3. The van der Waals surface area contributed by atoms with Crippen LogP contribution in [-0.2, 0) is 0 Å². The Hall–Kier alpha value is -0.890. The number of hydrogen-bond acceptors (Lipinski definition) is 1. The van der Waals surface area contributed by atoms with E-state index in [0.29, 0.717) is 6.04 Å². The summed E-state index contributed by atoms with van der Waals surface area (Å²) in [5.74, 6) is 0.611. The first-order valence-electron chi connectivity index (χ1n) is 6.72. The lowest BCUT2D eigenvalue weighted by Crippen LogP contribution is -2.34. The van der Waals surface area contributed by atoms with Crippen LogP contribution in [0.5, 0.6) is 0 Å². The van der Waals surface area contributed by atoms with Crippen LogP contribution >= 0.6 is 0 Å². The van der Waals surface area contributed by atoms with Gasteiger partial charge < -0.3 is 5.32 Å². The van der Waals surface area contributed by atoms with Crippen molar-refractivity contribution < 1.29 is 4.39 Å². The third-order valence-electron chi connectivity index (χ3n) is 3.94. The summed E-state index contributed by atoms with van der Waals surface area (Å²) < 4.78 is 13.2. The van der Waals surface area contributed by atoms with Gasteiger partial charge >= 0.3 is 0 Å². The maximum absolute atomic E-state index is 13.2. The Morgan fingerprint density at radius 1 is 1.41 bits per heavy atom. The van der Waals surface area contributed by atoms with Crippen molar-refractivity contribution in [2.45, 2.75) is 51.6 Å². The zero-order valence-electron chi connectivity index (χ0n) is 10.7. The zero-order chi connectivity index (χ0) is 12.3. The van der Waals surface area contributed by atoms with Crippen LogP contribution in [0.15, 0.2) is 24.3 Å². The molecule has 17 heavy (non-hydrogen) atoms. The Labute approximate surface area is 103 Å². The van der Waals surface area contributed by atoms with E-state index in [1.54, 1.807) is 12.1 Å². The first-order valence-corrected chi connectivity index (χ1v) is 6.72. The minimum atomic E-state index is -0.137. The van der Waals surface area contributed by atoms with Crippen LogP contribution < -0.4 is 5.32 Å². The van der Waals surface area contributed by atoms with Crippen LogP contribution in [0.3, 0.4) is 0 Å². The molecular weight excluding hydrogens is 213 g/mol. The summed E-state index contributed by atoms with van der Waals surface area (Å²) in [5, 5.41) is 3.69. The van der Waals surface area contributed by atoms with Crippen molar-refractivity contribution in [1.82, 2.24) is 5.32 Å². The van der Waals surface area contributed by atoms with Gasteiger partial charge in [0.15, 0.2) is 0 Å². The lowest BCUT2D eigenvalue weighted by atomic mass is 10.00. The fraction of sp³-hybridized carbons (Fsp3) is 0.600. The smallest absolute Gasteiger partial charge is 0.123 e. The average Bonchev–Trinajstić information content (AvgIpc) is 2.71. The Balaban J connectivity index is 2.06. The molecule has 94 valence electrons. The molecule has 0 heterocycles. The van der Waals surface area contributed by atoms with Gasteiger partial charge in [0, 0.05) is 12.1 Å².